The van der Waals surface area contributed by atoms with Crippen molar-refractivity contribution in [3.05, 3.63) is 40.2 Å². The first kappa shape index (κ1) is 13.1. The molecule has 0 spiro atoms. The molecule has 1 N–H and O–H groups in total. The quantitative estimate of drug-likeness (QED) is 0.929. The third-order valence-corrected chi connectivity index (χ3v) is 3.39. The molecule has 2 aromatic heterocycles. The largest absolute Gasteiger partial charge is 0.467 e. The average molecular weight is 276 g/mol. The first-order valence-electron chi connectivity index (χ1n) is 5.32. The second kappa shape index (κ2) is 5.11. The van der Waals surface area contributed by atoms with Crippen LogP contribution in [0.15, 0.2) is 29.0 Å². The van der Waals surface area contributed by atoms with Crippen molar-refractivity contribution in [2.45, 2.75) is 19.1 Å². The summed E-state index contributed by atoms with van der Waals surface area (Å²) in [5.74, 6) is 0.578. The fourth-order valence-corrected chi connectivity index (χ4v) is 2.42. The molecule has 0 bridgehead atoms. The highest BCUT2D eigenvalue weighted by Gasteiger charge is 2.35. The van der Waals surface area contributed by atoms with Crippen LogP contribution in [0, 0.1) is 0 Å². The second-order valence-electron chi connectivity index (χ2n) is 3.57. The number of alkyl halides is 3. The zero-order valence-corrected chi connectivity index (χ0v) is 10.3. The van der Waals surface area contributed by atoms with Gasteiger partial charge in [-0.05, 0) is 18.7 Å². The van der Waals surface area contributed by atoms with Gasteiger partial charge in [0, 0.05) is 11.1 Å². The lowest BCUT2D eigenvalue weighted by Gasteiger charge is -2.12. The summed E-state index contributed by atoms with van der Waals surface area (Å²) in [4.78, 5) is 3.90. The van der Waals surface area contributed by atoms with Gasteiger partial charge in [-0.3, -0.25) is 0 Å². The van der Waals surface area contributed by atoms with Crippen LogP contribution in [-0.4, -0.2) is 11.5 Å². The van der Waals surface area contributed by atoms with E-state index in [0.717, 1.165) is 0 Å². The van der Waals surface area contributed by atoms with Crippen molar-refractivity contribution in [3.8, 4) is 0 Å². The molecule has 7 heteroatoms. The molecule has 0 saturated carbocycles. The van der Waals surface area contributed by atoms with Crippen molar-refractivity contribution in [2.75, 3.05) is 6.54 Å². The third kappa shape index (κ3) is 2.73. The van der Waals surface area contributed by atoms with E-state index >= 15 is 0 Å². The minimum Gasteiger partial charge on any atom is -0.467 e. The number of hydrogen-bond donors (Lipinski definition) is 1. The van der Waals surface area contributed by atoms with Crippen LogP contribution in [0.5, 0.6) is 0 Å². The van der Waals surface area contributed by atoms with Crippen LogP contribution in [0.3, 0.4) is 0 Å². The number of nitrogens with one attached hydrogen (secondary N) is 1. The van der Waals surface area contributed by atoms with Gasteiger partial charge < -0.3 is 9.73 Å². The van der Waals surface area contributed by atoms with Crippen molar-refractivity contribution in [2.24, 2.45) is 0 Å². The lowest BCUT2D eigenvalue weighted by atomic mass is 10.2. The molecule has 0 radical (unpaired) electrons. The van der Waals surface area contributed by atoms with E-state index in [1.165, 1.54) is 12.5 Å². The van der Waals surface area contributed by atoms with E-state index in [1.807, 2.05) is 6.92 Å². The number of hydrogen-bond acceptors (Lipinski definition) is 4. The van der Waals surface area contributed by atoms with Gasteiger partial charge in [0.1, 0.15) is 11.8 Å². The predicted octanol–water partition coefficient (Wildman–Crippen LogP) is 3.45. The summed E-state index contributed by atoms with van der Waals surface area (Å²) in [5.41, 5.74) is 0. The monoisotopic (exact) mass is 276 g/mol. The molecule has 98 valence electrons. The van der Waals surface area contributed by atoms with Crippen molar-refractivity contribution >= 4 is 11.3 Å². The summed E-state index contributed by atoms with van der Waals surface area (Å²) in [6, 6.07) is 3.03. The molecular formula is C11H11F3N2OS. The van der Waals surface area contributed by atoms with Gasteiger partial charge in [0.05, 0.1) is 6.26 Å². The Kier molecular flexibility index (Phi) is 3.72. The molecule has 18 heavy (non-hydrogen) atoms. The molecule has 0 aliphatic carbocycles. The van der Waals surface area contributed by atoms with Crippen LogP contribution >= 0.6 is 11.3 Å². The SMILES string of the molecule is CCNC(c1ccco1)c1cnc(C(F)(F)F)s1. The molecule has 2 aromatic rings. The molecule has 3 nitrogen and oxygen atoms in total. The topological polar surface area (TPSA) is 38.1 Å². The molecule has 1 unspecified atom stereocenters. The Hall–Kier alpha value is -1.34. The minimum absolute atomic E-state index is 0.390. The molecular weight excluding hydrogens is 265 g/mol. The average Bonchev–Trinajstić information content (AvgIpc) is 2.96. The van der Waals surface area contributed by atoms with E-state index in [2.05, 4.69) is 10.3 Å². The standard InChI is InChI=1S/C11H11F3N2OS/c1-2-15-9(7-4-3-5-17-7)8-6-16-10(18-8)11(12,13)14/h3-6,9,15H,2H2,1H3. The smallest absolute Gasteiger partial charge is 0.443 e. The first-order valence-corrected chi connectivity index (χ1v) is 6.13. The lowest BCUT2D eigenvalue weighted by Crippen LogP contribution is -2.20. The van der Waals surface area contributed by atoms with Crippen LogP contribution in [0.4, 0.5) is 13.2 Å². The predicted molar refractivity (Wildman–Crippen MR) is 61.3 cm³/mol. The Balaban J connectivity index is 2.29. The Morgan fingerprint density at radius 3 is 2.78 bits per heavy atom. The number of aromatic nitrogens is 1. The highest BCUT2D eigenvalue weighted by Crippen LogP contribution is 2.35. The number of furan rings is 1. The number of nitrogens with zero attached hydrogens (tertiary/aromatic N) is 1. The molecule has 1 atom stereocenters. The second-order valence-corrected chi connectivity index (χ2v) is 4.63. The summed E-state index contributed by atoms with van der Waals surface area (Å²) in [5, 5.41) is 2.23. The van der Waals surface area contributed by atoms with Gasteiger partial charge in [-0.25, -0.2) is 4.98 Å². The molecule has 0 amide bonds. The van der Waals surface area contributed by atoms with Gasteiger partial charge in [0.15, 0.2) is 5.01 Å². The van der Waals surface area contributed by atoms with Crippen molar-refractivity contribution in [1.82, 2.24) is 10.3 Å². The van der Waals surface area contributed by atoms with Gasteiger partial charge in [0.2, 0.25) is 0 Å². The third-order valence-electron chi connectivity index (χ3n) is 2.29. The number of rotatable bonds is 4. The van der Waals surface area contributed by atoms with Crippen LogP contribution in [0.25, 0.3) is 0 Å². The normalized spacial score (nSPS) is 13.8. The maximum Gasteiger partial charge on any atom is 0.443 e. The Morgan fingerprint density at radius 2 is 2.28 bits per heavy atom. The van der Waals surface area contributed by atoms with E-state index in [9.17, 15) is 13.2 Å². The Bertz CT molecular complexity index is 493. The Labute approximate surface area is 106 Å². The highest BCUT2D eigenvalue weighted by atomic mass is 32.1. The van der Waals surface area contributed by atoms with Gasteiger partial charge in [0.25, 0.3) is 0 Å². The molecule has 0 saturated heterocycles. The molecule has 2 rings (SSSR count). The van der Waals surface area contributed by atoms with E-state index in [1.54, 1.807) is 12.1 Å². The van der Waals surface area contributed by atoms with Crippen LogP contribution in [-0.2, 0) is 6.18 Å². The van der Waals surface area contributed by atoms with Crippen LogP contribution in [0.2, 0.25) is 0 Å². The summed E-state index contributed by atoms with van der Waals surface area (Å²) in [7, 11) is 0. The first-order chi connectivity index (χ1) is 8.52. The van der Waals surface area contributed by atoms with Crippen molar-refractivity contribution in [1.29, 1.82) is 0 Å². The van der Waals surface area contributed by atoms with E-state index < -0.39 is 17.2 Å². The van der Waals surface area contributed by atoms with Gasteiger partial charge in [-0.1, -0.05) is 6.92 Å². The van der Waals surface area contributed by atoms with Gasteiger partial charge >= 0.3 is 6.18 Å². The minimum atomic E-state index is -4.40. The fraction of sp³-hybridized carbons (Fsp3) is 0.364. The summed E-state index contributed by atoms with van der Waals surface area (Å²) in [6.45, 7) is 2.49. The lowest BCUT2D eigenvalue weighted by molar-refractivity contribution is -0.137. The van der Waals surface area contributed by atoms with Crippen molar-refractivity contribution in [3.63, 3.8) is 0 Å². The molecule has 0 aliphatic heterocycles. The molecule has 0 aliphatic rings. The molecule has 0 fully saturated rings. The van der Waals surface area contributed by atoms with Crippen LogP contribution < -0.4 is 5.32 Å². The van der Waals surface area contributed by atoms with E-state index in [-0.39, 0.29) is 0 Å². The molecule has 2 heterocycles. The zero-order valence-electron chi connectivity index (χ0n) is 9.49. The zero-order chi connectivity index (χ0) is 13.2. The number of halogens is 3. The summed E-state index contributed by atoms with van der Waals surface area (Å²) in [6.07, 6.45) is -1.67. The van der Waals surface area contributed by atoms with Gasteiger partial charge in [-0.2, -0.15) is 13.2 Å². The van der Waals surface area contributed by atoms with E-state index in [4.69, 9.17) is 4.42 Å². The number of thiazole rings is 1. The summed E-state index contributed by atoms with van der Waals surface area (Å²) >= 11 is 0.627. The molecule has 0 aromatic carbocycles. The fourth-order valence-electron chi connectivity index (χ4n) is 1.55. The highest BCUT2D eigenvalue weighted by molar-refractivity contribution is 7.11. The summed E-state index contributed by atoms with van der Waals surface area (Å²) < 4.78 is 42.7. The van der Waals surface area contributed by atoms with Gasteiger partial charge in [-0.15, -0.1) is 11.3 Å². The maximum absolute atomic E-state index is 12.5. The Morgan fingerprint density at radius 1 is 1.50 bits per heavy atom. The van der Waals surface area contributed by atoms with Crippen molar-refractivity contribution < 1.29 is 17.6 Å². The maximum atomic E-state index is 12.5. The van der Waals surface area contributed by atoms with E-state index in [0.29, 0.717) is 28.5 Å². The van der Waals surface area contributed by atoms with Crippen LogP contribution in [0.1, 0.15) is 28.6 Å².